The molecule has 192 valence electrons. The van der Waals surface area contributed by atoms with Crippen LogP contribution in [0.3, 0.4) is 0 Å². The number of carbonyl (C=O) groups excluding carboxylic acids is 2. The molecule has 1 N–H and O–H groups in total. The van der Waals surface area contributed by atoms with Crippen LogP contribution >= 0.6 is 0 Å². The second-order valence-electron chi connectivity index (χ2n) is 9.19. The Morgan fingerprint density at radius 3 is 2.30 bits per heavy atom. The fourth-order valence-electron chi connectivity index (χ4n) is 4.39. The van der Waals surface area contributed by atoms with E-state index in [9.17, 15) is 23.3 Å². The molecule has 0 bridgehead atoms. The minimum absolute atomic E-state index is 0.0659. The van der Waals surface area contributed by atoms with Crippen LogP contribution < -0.4 is 4.72 Å². The van der Waals surface area contributed by atoms with Crippen molar-refractivity contribution in [3.8, 4) is 6.07 Å². The van der Waals surface area contributed by atoms with Crippen molar-refractivity contribution in [1.82, 2.24) is 19.4 Å². The predicted molar refractivity (Wildman–Crippen MR) is 140 cm³/mol. The van der Waals surface area contributed by atoms with E-state index in [0.717, 1.165) is 10.8 Å². The summed E-state index contributed by atoms with van der Waals surface area (Å²) in [5.41, 5.74) is 1.09. The van der Waals surface area contributed by atoms with Gasteiger partial charge in [0.25, 0.3) is 0 Å². The van der Waals surface area contributed by atoms with Crippen molar-refractivity contribution in [3.63, 3.8) is 0 Å². The Morgan fingerprint density at radius 2 is 1.62 bits per heavy atom. The molecule has 10 heteroatoms. The maximum Gasteiger partial charge on any atom is 0.319 e. The second kappa shape index (κ2) is 11.0. The van der Waals surface area contributed by atoms with Gasteiger partial charge in [0.1, 0.15) is 6.04 Å². The van der Waals surface area contributed by atoms with E-state index in [1.165, 1.54) is 11.0 Å². The highest BCUT2D eigenvalue weighted by Gasteiger charge is 2.32. The van der Waals surface area contributed by atoms with Crippen molar-refractivity contribution in [3.05, 3.63) is 77.9 Å². The molecule has 37 heavy (non-hydrogen) atoms. The van der Waals surface area contributed by atoms with Crippen LogP contribution in [0, 0.1) is 11.3 Å². The van der Waals surface area contributed by atoms with Crippen LogP contribution in [0.1, 0.15) is 11.1 Å². The van der Waals surface area contributed by atoms with Gasteiger partial charge in [0, 0.05) is 40.3 Å². The SMILES string of the molecule is CN(C)C(=O)N1CCN(C(=O)[C@@H](Cc2cccc(C#N)c2)NS(=O)(=O)c2ccc3ccccc3c2)CC1. The molecule has 1 aliphatic heterocycles. The molecule has 3 aromatic carbocycles. The summed E-state index contributed by atoms with van der Waals surface area (Å²) in [4.78, 5) is 30.7. The van der Waals surface area contributed by atoms with E-state index in [-0.39, 0.29) is 23.3 Å². The molecule has 0 saturated carbocycles. The molecule has 0 spiro atoms. The minimum atomic E-state index is -4.04. The zero-order chi connectivity index (χ0) is 26.6. The number of urea groups is 1. The summed E-state index contributed by atoms with van der Waals surface area (Å²) in [6, 6.07) is 19.9. The van der Waals surface area contributed by atoms with Gasteiger partial charge in [-0.3, -0.25) is 4.79 Å². The van der Waals surface area contributed by atoms with Crippen molar-refractivity contribution in [1.29, 1.82) is 5.26 Å². The molecule has 0 aliphatic carbocycles. The molecular weight excluding hydrogens is 490 g/mol. The highest BCUT2D eigenvalue weighted by Crippen LogP contribution is 2.20. The van der Waals surface area contributed by atoms with Crippen LogP contribution in [0.15, 0.2) is 71.6 Å². The van der Waals surface area contributed by atoms with Crippen LogP contribution in [0.2, 0.25) is 0 Å². The first kappa shape index (κ1) is 26.1. The number of benzene rings is 3. The van der Waals surface area contributed by atoms with Gasteiger partial charge in [0.2, 0.25) is 15.9 Å². The summed E-state index contributed by atoms with van der Waals surface area (Å²) >= 11 is 0. The molecule has 9 nitrogen and oxygen atoms in total. The largest absolute Gasteiger partial charge is 0.338 e. The third-order valence-corrected chi connectivity index (χ3v) is 7.84. The zero-order valence-electron chi connectivity index (χ0n) is 20.8. The molecule has 1 atom stereocenters. The van der Waals surface area contributed by atoms with E-state index >= 15 is 0 Å². The molecule has 3 amide bonds. The van der Waals surface area contributed by atoms with Crippen molar-refractivity contribution < 1.29 is 18.0 Å². The molecule has 4 rings (SSSR count). The quantitative estimate of drug-likeness (QED) is 0.537. The number of amides is 3. The zero-order valence-corrected chi connectivity index (χ0v) is 21.6. The average Bonchev–Trinajstić information content (AvgIpc) is 2.91. The number of nitriles is 1. The summed E-state index contributed by atoms with van der Waals surface area (Å²) in [6.45, 7) is 1.31. The lowest BCUT2D eigenvalue weighted by Gasteiger charge is -2.37. The fourth-order valence-corrected chi connectivity index (χ4v) is 5.62. The van der Waals surface area contributed by atoms with E-state index in [0.29, 0.717) is 37.3 Å². The van der Waals surface area contributed by atoms with Gasteiger partial charge >= 0.3 is 6.03 Å². The molecule has 1 aliphatic rings. The van der Waals surface area contributed by atoms with E-state index < -0.39 is 16.1 Å². The molecular formula is C27H29N5O4S. The van der Waals surface area contributed by atoms with E-state index in [4.69, 9.17) is 0 Å². The third kappa shape index (κ3) is 6.07. The lowest BCUT2D eigenvalue weighted by molar-refractivity contribution is -0.134. The Balaban J connectivity index is 1.59. The Morgan fingerprint density at radius 1 is 0.946 bits per heavy atom. The Bertz CT molecular complexity index is 1460. The lowest BCUT2D eigenvalue weighted by atomic mass is 10.0. The highest BCUT2D eigenvalue weighted by atomic mass is 32.2. The number of rotatable bonds is 6. The van der Waals surface area contributed by atoms with Gasteiger partial charge in [0.15, 0.2) is 0 Å². The molecule has 0 unspecified atom stereocenters. The third-order valence-electron chi connectivity index (χ3n) is 6.37. The Labute approximate surface area is 216 Å². The van der Waals surface area contributed by atoms with Crippen molar-refractivity contribution in [2.45, 2.75) is 17.4 Å². The summed E-state index contributed by atoms with van der Waals surface area (Å²) in [7, 11) is -0.693. The molecule has 1 saturated heterocycles. The topological polar surface area (TPSA) is 114 Å². The van der Waals surface area contributed by atoms with E-state index in [2.05, 4.69) is 10.8 Å². The van der Waals surface area contributed by atoms with Gasteiger partial charge in [0.05, 0.1) is 16.5 Å². The first-order chi connectivity index (χ1) is 17.7. The average molecular weight is 520 g/mol. The van der Waals surface area contributed by atoms with Gasteiger partial charge in [-0.05, 0) is 47.0 Å². The highest BCUT2D eigenvalue weighted by molar-refractivity contribution is 7.89. The molecule has 3 aromatic rings. The number of hydrogen-bond donors (Lipinski definition) is 1. The molecule has 1 heterocycles. The van der Waals surface area contributed by atoms with Crippen molar-refractivity contribution in [2.75, 3.05) is 40.3 Å². The van der Waals surface area contributed by atoms with Crippen LogP contribution in [-0.2, 0) is 21.2 Å². The Kier molecular flexibility index (Phi) is 7.76. The summed E-state index contributed by atoms with van der Waals surface area (Å²) in [6.07, 6.45) is 0.0814. The Hall–Kier alpha value is -3.94. The maximum atomic E-state index is 13.6. The number of nitrogens with one attached hydrogen (secondary N) is 1. The van der Waals surface area contributed by atoms with E-state index in [1.807, 2.05) is 24.3 Å². The number of fused-ring (bicyclic) bond motifs is 1. The van der Waals surface area contributed by atoms with Gasteiger partial charge in [-0.2, -0.15) is 9.98 Å². The molecule has 1 fully saturated rings. The van der Waals surface area contributed by atoms with Gasteiger partial charge in [-0.15, -0.1) is 0 Å². The molecule has 0 radical (unpaired) electrons. The standard InChI is InChI=1S/C27H29N5O4S/c1-30(2)27(34)32-14-12-31(13-15-32)26(33)25(17-20-6-5-7-21(16-20)19-28)29-37(35,36)24-11-10-22-8-3-4-9-23(22)18-24/h3-11,16,18,25,29H,12-15,17H2,1-2H3/t25-/m1/s1. The number of carbonyl (C=O) groups is 2. The summed E-state index contributed by atoms with van der Waals surface area (Å²) in [5, 5.41) is 11.0. The first-order valence-electron chi connectivity index (χ1n) is 11.9. The number of hydrogen-bond acceptors (Lipinski definition) is 5. The van der Waals surface area contributed by atoms with Gasteiger partial charge < -0.3 is 14.7 Å². The van der Waals surface area contributed by atoms with Crippen molar-refractivity contribution >= 4 is 32.7 Å². The predicted octanol–water partition coefficient (Wildman–Crippen LogP) is 2.43. The van der Waals surface area contributed by atoms with Gasteiger partial charge in [-0.25, -0.2) is 13.2 Å². The van der Waals surface area contributed by atoms with Crippen LogP contribution in [-0.4, -0.2) is 81.4 Å². The monoisotopic (exact) mass is 519 g/mol. The van der Waals surface area contributed by atoms with Crippen LogP contribution in [0.5, 0.6) is 0 Å². The molecule has 0 aromatic heterocycles. The second-order valence-corrected chi connectivity index (χ2v) is 10.9. The fraction of sp³-hybridized carbons (Fsp3) is 0.296. The normalized spacial score (nSPS) is 14.7. The van der Waals surface area contributed by atoms with Gasteiger partial charge in [-0.1, -0.05) is 42.5 Å². The van der Waals surface area contributed by atoms with Crippen molar-refractivity contribution in [2.24, 2.45) is 0 Å². The smallest absolute Gasteiger partial charge is 0.319 e. The van der Waals surface area contributed by atoms with Crippen LogP contribution in [0.4, 0.5) is 4.79 Å². The summed E-state index contributed by atoms with van der Waals surface area (Å²) < 4.78 is 29.4. The summed E-state index contributed by atoms with van der Waals surface area (Å²) in [5.74, 6) is -0.372. The number of nitrogens with zero attached hydrogens (tertiary/aromatic N) is 4. The van der Waals surface area contributed by atoms with Crippen LogP contribution in [0.25, 0.3) is 10.8 Å². The number of sulfonamides is 1. The minimum Gasteiger partial charge on any atom is -0.338 e. The number of piperazine rings is 1. The first-order valence-corrected chi connectivity index (χ1v) is 13.4. The maximum absolute atomic E-state index is 13.6. The van der Waals surface area contributed by atoms with E-state index in [1.54, 1.807) is 60.3 Å². The lowest BCUT2D eigenvalue weighted by Crippen LogP contribution is -2.57.